The standard InChI is InChI=1S/C10H19NO2/c12-10(13)9-11-7-5-3-1-2-4-6-8-11/h1-9H2,(H,12,13). The summed E-state index contributed by atoms with van der Waals surface area (Å²) in [6.07, 6.45) is 7.48. The molecular formula is C10H19NO2. The summed E-state index contributed by atoms with van der Waals surface area (Å²) in [5.74, 6) is -0.695. The van der Waals surface area contributed by atoms with Gasteiger partial charge in [-0.2, -0.15) is 0 Å². The summed E-state index contributed by atoms with van der Waals surface area (Å²) >= 11 is 0. The van der Waals surface area contributed by atoms with E-state index in [9.17, 15) is 4.79 Å². The molecule has 1 heterocycles. The fraction of sp³-hybridized carbons (Fsp3) is 0.900. The van der Waals surface area contributed by atoms with Gasteiger partial charge in [0.2, 0.25) is 0 Å². The molecule has 0 aromatic heterocycles. The highest BCUT2D eigenvalue weighted by molar-refractivity contribution is 5.69. The van der Waals surface area contributed by atoms with Crippen molar-refractivity contribution in [1.82, 2.24) is 4.90 Å². The lowest BCUT2D eigenvalue weighted by Gasteiger charge is -2.18. The van der Waals surface area contributed by atoms with Crippen molar-refractivity contribution in [3.8, 4) is 0 Å². The normalized spacial score (nSPS) is 21.5. The van der Waals surface area contributed by atoms with Crippen LogP contribution in [0.4, 0.5) is 0 Å². The first-order valence-corrected chi connectivity index (χ1v) is 5.23. The van der Waals surface area contributed by atoms with E-state index in [1.807, 2.05) is 0 Å². The average molecular weight is 185 g/mol. The molecule has 0 amide bonds. The van der Waals surface area contributed by atoms with Crippen molar-refractivity contribution >= 4 is 5.97 Å². The molecule has 1 rings (SSSR count). The highest BCUT2D eigenvalue weighted by atomic mass is 16.4. The van der Waals surface area contributed by atoms with E-state index in [4.69, 9.17) is 5.11 Å². The van der Waals surface area contributed by atoms with Gasteiger partial charge in [0.05, 0.1) is 6.54 Å². The van der Waals surface area contributed by atoms with Crippen LogP contribution in [-0.2, 0) is 4.79 Å². The molecule has 0 atom stereocenters. The van der Waals surface area contributed by atoms with Crippen LogP contribution in [0.25, 0.3) is 0 Å². The second-order valence-electron chi connectivity index (χ2n) is 3.79. The molecule has 1 aliphatic rings. The molecule has 0 saturated carbocycles. The Kier molecular flexibility index (Phi) is 4.83. The summed E-state index contributed by atoms with van der Waals surface area (Å²) in [6, 6.07) is 0. The number of aliphatic carboxylic acids is 1. The lowest BCUT2D eigenvalue weighted by atomic mass is 10.1. The van der Waals surface area contributed by atoms with Gasteiger partial charge in [-0.05, 0) is 25.9 Å². The third kappa shape index (κ3) is 4.88. The number of hydrogen-bond donors (Lipinski definition) is 1. The van der Waals surface area contributed by atoms with Gasteiger partial charge in [0.1, 0.15) is 0 Å². The van der Waals surface area contributed by atoms with Crippen LogP contribution in [0.1, 0.15) is 38.5 Å². The van der Waals surface area contributed by atoms with Gasteiger partial charge in [-0.25, -0.2) is 0 Å². The van der Waals surface area contributed by atoms with Gasteiger partial charge in [-0.1, -0.05) is 25.7 Å². The fourth-order valence-corrected chi connectivity index (χ4v) is 1.84. The second kappa shape index (κ2) is 5.97. The van der Waals surface area contributed by atoms with Crippen LogP contribution >= 0.6 is 0 Å². The molecule has 0 unspecified atom stereocenters. The minimum Gasteiger partial charge on any atom is -0.480 e. The maximum atomic E-state index is 10.5. The number of carbonyl (C=O) groups is 1. The van der Waals surface area contributed by atoms with Gasteiger partial charge >= 0.3 is 5.97 Å². The molecule has 1 saturated heterocycles. The van der Waals surface area contributed by atoms with Crippen molar-refractivity contribution in [2.24, 2.45) is 0 Å². The number of nitrogens with zero attached hydrogens (tertiary/aromatic N) is 1. The van der Waals surface area contributed by atoms with Gasteiger partial charge in [0.25, 0.3) is 0 Å². The third-order valence-corrected chi connectivity index (χ3v) is 2.56. The lowest BCUT2D eigenvalue weighted by Crippen LogP contribution is -2.31. The van der Waals surface area contributed by atoms with Crippen molar-refractivity contribution in [3.05, 3.63) is 0 Å². The van der Waals surface area contributed by atoms with Crippen molar-refractivity contribution in [2.75, 3.05) is 19.6 Å². The summed E-state index contributed by atoms with van der Waals surface area (Å²) in [4.78, 5) is 12.6. The predicted octanol–water partition coefficient (Wildman–Crippen LogP) is 1.73. The minimum atomic E-state index is -0.695. The van der Waals surface area contributed by atoms with Crippen LogP contribution in [0.5, 0.6) is 0 Å². The van der Waals surface area contributed by atoms with Crippen molar-refractivity contribution < 1.29 is 9.90 Å². The molecule has 3 heteroatoms. The molecule has 1 aliphatic heterocycles. The van der Waals surface area contributed by atoms with E-state index in [-0.39, 0.29) is 6.54 Å². The molecule has 0 aromatic rings. The number of rotatable bonds is 2. The van der Waals surface area contributed by atoms with Crippen LogP contribution in [-0.4, -0.2) is 35.6 Å². The van der Waals surface area contributed by atoms with E-state index < -0.39 is 5.97 Å². The Labute approximate surface area is 79.7 Å². The molecule has 0 aliphatic carbocycles. The van der Waals surface area contributed by atoms with Gasteiger partial charge in [0.15, 0.2) is 0 Å². The van der Waals surface area contributed by atoms with Crippen LogP contribution in [0.15, 0.2) is 0 Å². The summed E-state index contributed by atoms with van der Waals surface area (Å²) < 4.78 is 0. The Morgan fingerprint density at radius 2 is 1.46 bits per heavy atom. The Morgan fingerprint density at radius 3 is 1.92 bits per heavy atom. The summed E-state index contributed by atoms with van der Waals surface area (Å²) in [7, 11) is 0. The highest BCUT2D eigenvalue weighted by Gasteiger charge is 2.09. The fourth-order valence-electron chi connectivity index (χ4n) is 1.84. The zero-order chi connectivity index (χ0) is 9.52. The number of carboxylic acid groups (broad SMARTS) is 1. The Balaban J connectivity index is 2.27. The smallest absolute Gasteiger partial charge is 0.317 e. The number of carboxylic acids is 1. The van der Waals surface area contributed by atoms with Crippen LogP contribution in [0.2, 0.25) is 0 Å². The summed E-state index contributed by atoms with van der Waals surface area (Å²) in [5, 5.41) is 8.66. The molecule has 0 bridgehead atoms. The first-order chi connectivity index (χ1) is 6.29. The van der Waals surface area contributed by atoms with E-state index in [0.29, 0.717) is 0 Å². The molecular weight excluding hydrogens is 166 g/mol. The SMILES string of the molecule is O=C(O)CN1CCCCCCCC1. The maximum Gasteiger partial charge on any atom is 0.317 e. The third-order valence-electron chi connectivity index (χ3n) is 2.56. The maximum absolute atomic E-state index is 10.5. The average Bonchev–Trinajstić information content (AvgIpc) is 2.17. The summed E-state index contributed by atoms with van der Waals surface area (Å²) in [6.45, 7) is 2.15. The van der Waals surface area contributed by atoms with Gasteiger partial charge in [-0.15, -0.1) is 0 Å². The van der Waals surface area contributed by atoms with E-state index in [0.717, 1.165) is 25.9 Å². The highest BCUT2D eigenvalue weighted by Crippen LogP contribution is 2.10. The first kappa shape index (κ1) is 10.5. The van der Waals surface area contributed by atoms with Crippen molar-refractivity contribution in [2.45, 2.75) is 38.5 Å². The van der Waals surface area contributed by atoms with E-state index in [1.165, 1.54) is 25.7 Å². The van der Waals surface area contributed by atoms with Crippen LogP contribution in [0.3, 0.4) is 0 Å². The second-order valence-corrected chi connectivity index (χ2v) is 3.79. The molecule has 0 spiro atoms. The largest absolute Gasteiger partial charge is 0.480 e. The minimum absolute atomic E-state index is 0.222. The van der Waals surface area contributed by atoms with Crippen molar-refractivity contribution in [1.29, 1.82) is 0 Å². The molecule has 13 heavy (non-hydrogen) atoms. The van der Waals surface area contributed by atoms with Gasteiger partial charge < -0.3 is 5.11 Å². The zero-order valence-electron chi connectivity index (χ0n) is 8.17. The van der Waals surface area contributed by atoms with Gasteiger partial charge in [0, 0.05) is 0 Å². The van der Waals surface area contributed by atoms with E-state index >= 15 is 0 Å². The monoisotopic (exact) mass is 185 g/mol. The predicted molar refractivity (Wildman–Crippen MR) is 51.8 cm³/mol. The van der Waals surface area contributed by atoms with Crippen molar-refractivity contribution in [3.63, 3.8) is 0 Å². The lowest BCUT2D eigenvalue weighted by molar-refractivity contribution is -0.138. The van der Waals surface area contributed by atoms with Crippen LogP contribution < -0.4 is 0 Å². The molecule has 76 valence electrons. The first-order valence-electron chi connectivity index (χ1n) is 5.23. The molecule has 0 radical (unpaired) electrons. The Bertz CT molecular complexity index is 149. The quantitative estimate of drug-likeness (QED) is 0.712. The topological polar surface area (TPSA) is 40.5 Å². The zero-order valence-corrected chi connectivity index (χ0v) is 8.17. The molecule has 1 fully saturated rings. The number of hydrogen-bond acceptors (Lipinski definition) is 2. The Morgan fingerprint density at radius 1 is 1.00 bits per heavy atom. The van der Waals surface area contributed by atoms with E-state index in [2.05, 4.69) is 4.90 Å². The summed E-state index contributed by atoms with van der Waals surface area (Å²) in [5.41, 5.74) is 0. The molecule has 1 N–H and O–H groups in total. The Hall–Kier alpha value is -0.570. The van der Waals surface area contributed by atoms with Crippen LogP contribution in [0, 0.1) is 0 Å². The molecule has 3 nitrogen and oxygen atoms in total. The van der Waals surface area contributed by atoms with Gasteiger partial charge in [-0.3, -0.25) is 9.69 Å². The van der Waals surface area contributed by atoms with E-state index in [1.54, 1.807) is 0 Å². The molecule has 0 aromatic carbocycles.